The standard InChI is InChI=1S/C16H32O5/c1-6-9-10-14(13(4)21-12-18-5)11-15(17)16(19-7-2)20-8-3/h13-14,16H,6-12H2,1-5H3/t13-,14+/m0/s1. The zero-order valence-corrected chi connectivity index (χ0v) is 14.2. The Morgan fingerprint density at radius 3 is 2.14 bits per heavy atom. The SMILES string of the molecule is CCCC[C@H](CC(=O)C(OCC)OCC)[C@H](C)OCOC. The third-order valence-electron chi connectivity index (χ3n) is 3.40. The van der Waals surface area contributed by atoms with Crippen LogP contribution in [0.4, 0.5) is 0 Å². The van der Waals surface area contributed by atoms with Gasteiger partial charge in [-0.1, -0.05) is 19.8 Å². The highest BCUT2D eigenvalue weighted by atomic mass is 16.7. The molecule has 0 aromatic heterocycles. The van der Waals surface area contributed by atoms with Crippen LogP contribution in [0.25, 0.3) is 0 Å². The second-order valence-electron chi connectivity index (χ2n) is 5.09. The maximum atomic E-state index is 12.3. The van der Waals surface area contributed by atoms with Gasteiger partial charge in [-0.15, -0.1) is 0 Å². The Labute approximate surface area is 129 Å². The summed E-state index contributed by atoms with van der Waals surface area (Å²) in [5.74, 6) is 0.156. The van der Waals surface area contributed by atoms with E-state index in [0.29, 0.717) is 19.6 Å². The first-order valence-corrected chi connectivity index (χ1v) is 7.96. The van der Waals surface area contributed by atoms with Crippen molar-refractivity contribution in [1.29, 1.82) is 0 Å². The zero-order chi connectivity index (χ0) is 16.1. The van der Waals surface area contributed by atoms with Crippen molar-refractivity contribution in [2.75, 3.05) is 27.1 Å². The van der Waals surface area contributed by atoms with Crippen LogP contribution < -0.4 is 0 Å². The molecule has 5 nitrogen and oxygen atoms in total. The van der Waals surface area contributed by atoms with Crippen molar-refractivity contribution in [2.24, 2.45) is 5.92 Å². The second kappa shape index (κ2) is 13.2. The molecule has 0 aromatic carbocycles. The van der Waals surface area contributed by atoms with E-state index in [1.54, 1.807) is 7.11 Å². The first-order valence-electron chi connectivity index (χ1n) is 7.96. The lowest BCUT2D eigenvalue weighted by Gasteiger charge is -2.25. The van der Waals surface area contributed by atoms with Crippen LogP contribution in [0.5, 0.6) is 0 Å². The van der Waals surface area contributed by atoms with Crippen LogP contribution in [0, 0.1) is 5.92 Å². The molecular formula is C16H32O5. The predicted molar refractivity (Wildman–Crippen MR) is 82.1 cm³/mol. The van der Waals surface area contributed by atoms with Crippen molar-refractivity contribution < 1.29 is 23.7 Å². The van der Waals surface area contributed by atoms with Crippen molar-refractivity contribution in [3.05, 3.63) is 0 Å². The van der Waals surface area contributed by atoms with Crippen LogP contribution in [-0.4, -0.2) is 45.3 Å². The Balaban J connectivity index is 4.56. The van der Waals surface area contributed by atoms with Crippen molar-refractivity contribution >= 4 is 5.78 Å². The molecule has 0 aliphatic rings. The summed E-state index contributed by atoms with van der Waals surface area (Å²) >= 11 is 0. The fraction of sp³-hybridized carbons (Fsp3) is 0.938. The smallest absolute Gasteiger partial charge is 0.217 e. The van der Waals surface area contributed by atoms with Gasteiger partial charge in [0.05, 0.1) is 6.10 Å². The molecular weight excluding hydrogens is 272 g/mol. The molecule has 5 heteroatoms. The van der Waals surface area contributed by atoms with Crippen molar-refractivity contribution in [3.8, 4) is 0 Å². The second-order valence-corrected chi connectivity index (χ2v) is 5.09. The number of carbonyl (C=O) groups excluding carboxylic acids is 1. The summed E-state index contributed by atoms with van der Waals surface area (Å²) in [6.07, 6.45) is 2.77. The molecule has 0 saturated carbocycles. The molecule has 21 heavy (non-hydrogen) atoms. The average molecular weight is 304 g/mol. The Bertz CT molecular complexity index is 251. The van der Waals surface area contributed by atoms with Gasteiger partial charge in [0.1, 0.15) is 6.79 Å². The lowest BCUT2D eigenvalue weighted by atomic mass is 9.91. The maximum Gasteiger partial charge on any atom is 0.217 e. The van der Waals surface area contributed by atoms with E-state index in [9.17, 15) is 4.79 Å². The number of Topliss-reactive ketones (excluding diaryl/α,β-unsaturated/α-hetero) is 1. The first-order chi connectivity index (χ1) is 10.1. The molecule has 0 spiro atoms. The Kier molecular flexibility index (Phi) is 12.9. The minimum absolute atomic E-state index is 0.00679. The summed E-state index contributed by atoms with van der Waals surface area (Å²) in [7, 11) is 1.60. The predicted octanol–water partition coefficient (Wildman–Crippen LogP) is 3.16. The molecule has 0 fully saturated rings. The van der Waals surface area contributed by atoms with E-state index in [1.807, 2.05) is 20.8 Å². The van der Waals surface area contributed by atoms with Gasteiger partial charge in [-0.25, -0.2) is 0 Å². The molecule has 0 bridgehead atoms. The first kappa shape index (κ1) is 20.5. The fourth-order valence-electron chi connectivity index (χ4n) is 2.17. The number of rotatable bonds is 14. The molecule has 0 rings (SSSR count). The summed E-state index contributed by atoms with van der Waals surface area (Å²) in [5, 5.41) is 0. The molecule has 0 saturated heterocycles. The van der Waals surface area contributed by atoms with Crippen molar-refractivity contribution in [2.45, 2.75) is 65.8 Å². The Hall–Kier alpha value is -0.490. The Morgan fingerprint density at radius 1 is 1.05 bits per heavy atom. The van der Waals surface area contributed by atoms with Gasteiger partial charge >= 0.3 is 0 Å². The Morgan fingerprint density at radius 2 is 1.67 bits per heavy atom. The third kappa shape index (κ3) is 9.19. The van der Waals surface area contributed by atoms with E-state index in [-0.39, 0.29) is 24.6 Å². The molecule has 0 amide bonds. The van der Waals surface area contributed by atoms with Gasteiger partial charge in [-0.3, -0.25) is 4.79 Å². The van der Waals surface area contributed by atoms with Gasteiger partial charge in [-0.05, 0) is 33.1 Å². The van der Waals surface area contributed by atoms with Gasteiger partial charge in [0.2, 0.25) is 6.29 Å². The van der Waals surface area contributed by atoms with E-state index in [1.165, 1.54) is 0 Å². The van der Waals surface area contributed by atoms with E-state index < -0.39 is 6.29 Å². The lowest BCUT2D eigenvalue weighted by Crippen LogP contribution is -2.32. The minimum atomic E-state index is -0.751. The summed E-state index contributed by atoms with van der Waals surface area (Å²) in [6, 6.07) is 0. The van der Waals surface area contributed by atoms with Crippen LogP contribution >= 0.6 is 0 Å². The number of carbonyl (C=O) groups is 1. The van der Waals surface area contributed by atoms with Crippen LogP contribution in [0.1, 0.15) is 53.4 Å². The molecule has 0 unspecified atom stereocenters. The van der Waals surface area contributed by atoms with Crippen LogP contribution in [-0.2, 0) is 23.7 Å². The normalized spacial score (nSPS) is 14.4. The largest absolute Gasteiger partial charge is 0.359 e. The zero-order valence-electron chi connectivity index (χ0n) is 14.2. The average Bonchev–Trinajstić information content (AvgIpc) is 2.48. The van der Waals surface area contributed by atoms with E-state index in [2.05, 4.69) is 6.92 Å². The number of hydrogen-bond acceptors (Lipinski definition) is 5. The molecule has 0 aromatic rings. The molecule has 0 heterocycles. The lowest BCUT2D eigenvalue weighted by molar-refractivity contribution is -0.170. The third-order valence-corrected chi connectivity index (χ3v) is 3.40. The van der Waals surface area contributed by atoms with Crippen LogP contribution in [0.2, 0.25) is 0 Å². The van der Waals surface area contributed by atoms with Gasteiger partial charge in [0, 0.05) is 26.7 Å². The highest BCUT2D eigenvalue weighted by Gasteiger charge is 2.26. The van der Waals surface area contributed by atoms with Gasteiger partial charge in [0.15, 0.2) is 5.78 Å². The molecule has 126 valence electrons. The highest BCUT2D eigenvalue weighted by molar-refractivity contribution is 5.82. The van der Waals surface area contributed by atoms with Gasteiger partial charge in [-0.2, -0.15) is 0 Å². The summed E-state index contributed by atoms with van der Waals surface area (Å²) in [6.45, 7) is 9.03. The molecule has 0 radical (unpaired) electrons. The van der Waals surface area contributed by atoms with Crippen LogP contribution in [0.3, 0.4) is 0 Å². The number of hydrogen-bond donors (Lipinski definition) is 0. The van der Waals surface area contributed by atoms with Crippen molar-refractivity contribution in [1.82, 2.24) is 0 Å². The molecule has 0 aliphatic carbocycles. The summed E-state index contributed by atoms with van der Waals surface area (Å²) in [4.78, 5) is 12.3. The molecule has 0 N–H and O–H groups in total. The highest BCUT2D eigenvalue weighted by Crippen LogP contribution is 2.21. The summed E-state index contributed by atoms with van der Waals surface area (Å²) < 4.78 is 21.3. The van der Waals surface area contributed by atoms with E-state index in [0.717, 1.165) is 19.3 Å². The van der Waals surface area contributed by atoms with Crippen molar-refractivity contribution in [3.63, 3.8) is 0 Å². The van der Waals surface area contributed by atoms with Gasteiger partial charge < -0.3 is 18.9 Å². The van der Waals surface area contributed by atoms with Crippen LogP contribution in [0.15, 0.2) is 0 Å². The van der Waals surface area contributed by atoms with E-state index >= 15 is 0 Å². The number of methoxy groups -OCH3 is 1. The summed E-state index contributed by atoms with van der Waals surface area (Å²) in [5.41, 5.74) is 0. The quantitative estimate of drug-likeness (QED) is 0.461. The van der Waals surface area contributed by atoms with E-state index in [4.69, 9.17) is 18.9 Å². The topological polar surface area (TPSA) is 54.0 Å². The number of ether oxygens (including phenoxy) is 4. The monoisotopic (exact) mass is 304 g/mol. The fourth-order valence-corrected chi connectivity index (χ4v) is 2.17. The van der Waals surface area contributed by atoms with Gasteiger partial charge in [0.25, 0.3) is 0 Å². The molecule has 2 atom stereocenters. The maximum absolute atomic E-state index is 12.3. The number of unbranched alkanes of at least 4 members (excludes halogenated alkanes) is 1. The minimum Gasteiger partial charge on any atom is -0.359 e. The number of ketones is 1. The molecule has 0 aliphatic heterocycles.